The number of carbonyl (C=O) groups is 7. The van der Waals surface area contributed by atoms with Gasteiger partial charge < -0.3 is 62.8 Å². The van der Waals surface area contributed by atoms with Gasteiger partial charge in [0.1, 0.15) is 30.0 Å². The number of hydrogen-bond donors (Lipinski definition) is 3. The normalized spacial score (nSPS) is 26.9. The average Bonchev–Trinajstić information content (AvgIpc) is 1.72. The molecule has 482 valence electrons. The van der Waals surface area contributed by atoms with Crippen LogP contribution in [0.3, 0.4) is 0 Å². The molecule has 0 aliphatic carbocycles. The molecule has 3 fully saturated rings. The van der Waals surface area contributed by atoms with E-state index in [1.54, 1.807) is 37.9 Å². The Labute approximate surface area is 520 Å². The number of carboxylic acid groups (broad SMARTS) is 1. The van der Waals surface area contributed by atoms with Crippen LogP contribution >= 0.6 is 11.6 Å². The lowest BCUT2D eigenvalue weighted by atomic mass is 9.83. The Morgan fingerprint density at radius 3 is 2.34 bits per heavy atom. The van der Waals surface area contributed by atoms with Crippen molar-refractivity contribution in [3.05, 3.63) is 87.6 Å². The van der Waals surface area contributed by atoms with E-state index in [2.05, 4.69) is 53.1 Å². The molecule has 3 saturated heterocycles. The van der Waals surface area contributed by atoms with Gasteiger partial charge in [0.15, 0.2) is 5.72 Å². The lowest BCUT2D eigenvalue weighted by Crippen LogP contribution is -2.63. The zero-order valence-corrected chi connectivity index (χ0v) is 53.5. The number of amides is 5. The van der Waals surface area contributed by atoms with Gasteiger partial charge in [0, 0.05) is 127 Å². The van der Waals surface area contributed by atoms with Crippen LogP contribution in [-0.4, -0.2) is 210 Å². The molecule has 23 nitrogen and oxygen atoms in total. The number of epoxide rings is 1. The van der Waals surface area contributed by atoms with Crippen LogP contribution in [0.5, 0.6) is 0 Å². The number of likely N-dealkylation sites (tertiary alicyclic amines) is 1. The third kappa shape index (κ3) is 15.4. The number of carbonyl (C=O) groups excluding carboxylic acids is 6. The number of aromatic nitrogens is 1. The zero-order chi connectivity index (χ0) is 63.9. The molecule has 8 rings (SSSR count). The number of alkyl carbamates (subject to hydrolysis) is 1. The summed E-state index contributed by atoms with van der Waals surface area (Å²) in [6, 6.07) is 10.8. The number of piperidine rings is 1. The van der Waals surface area contributed by atoms with Crippen LogP contribution in [0.15, 0.2) is 60.2 Å². The Morgan fingerprint density at radius 1 is 0.943 bits per heavy atom. The van der Waals surface area contributed by atoms with Gasteiger partial charge in [-0.3, -0.25) is 29.3 Å². The summed E-state index contributed by atoms with van der Waals surface area (Å²) in [4.78, 5) is 102. The third-order valence-electron chi connectivity index (χ3n) is 18.5. The molecular formula is C64H89ClN8O15. The van der Waals surface area contributed by atoms with Crippen LogP contribution in [0.25, 0.3) is 10.9 Å². The number of aliphatic carboxylic acids is 1. The molecule has 9 atom stereocenters. The van der Waals surface area contributed by atoms with E-state index >= 15 is 0 Å². The molecule has 5 amide bonds. The number of likely N-dealkylation sites (N-methyl/N-ethyl adjacent to an activating group) is 1. The lowest BCUT2D eigenvalue weighted by Gasteiger charge is -2.42. The Hall–Kier alpha value is -6.44. The summed E-state index contributed by atoms with van der Waals surface area (Å²) in [5, 5.41) is 29.4. The Balaban J connectivity index is 0.930. The highest BCUT2D eigenvalue weighted by Crippen LogP contribution is 2.49. The fourth-order valence-electron chi connectivity index (χ4n) is 12.8. The second-order valence-corrected chi connectivity index (χ2v) is 24.8. The molecule has 5 aliphatic heterocycles. The van der Waals surface area contributed by atoms with E-state index in [4.69, 9.17) is 45.1 Å². The number of nitrogens with zero attached hydrogens (tertiary/aromatic N) is 7. The largest absolute Gasteiger partial charge is 0.481 e. The molecule has 0 radical (unpaired) electrons. The van der Waals surface area contributed by atoms with Gasteiger partial charge in [0.2, 0.25) is 23.6 Å². The van der Waals surface area contributed by atoms with Crippen molar-refractivity contribution in [3.63, 3.8) is 0 Å². The molecule has 3 aromatic rings. The maximum Gasteiger partial charge on any atom is 0.409 e. The first-order valence-electron chi connectivity index (χ1n) is 30.5. The number of hydrogen-bond acceptors (Lipinski definition) is 16. The predicted molar refractivity (Wildman–Crippen MR) is 328 cm³/mol. The Kier molecular flexibility index (Phi) is 22.3. The van der Waals surface area contributed by atoms with Crippen LogP contribution in [0.4, 0.5) is 10.5 Å². The standard InChI is InChI=1S/C64H89ClN8O15/c1-39-15-14-18-51(83-11)64(82)37-50(86-62(81)66-64)41(3)60-63(6,88-60)52(36-56(77)69(9)48-35-44(33-39)34-40(2)59(48)65)87-61(80)43(5)68(8)53(74)19-20-55(76)72(28-30-85-32-31-84-29-24-57(78)79)45-21-25-71(26-22-45)54(75)23-27-73-47-17-13-12-16-46(47)58-42(4)70(10)67(7)38-49(58)73/h12-18,34-35,41-43,45,50-52,60,82H,19-33,36-38H2,1-11H3,(H,66,81)(H,78,79)/b18-14+,39-15+/t41-,42?,43-,50+,51-,52+,60?,63+,64+/m1/s1. The van der Waals surface area contributed by atoms with Crippen molar-refractivity contribution < 1.29 is 72.2 Å². The fourth-order valence-corrected chi connectivity index (χ4v) is 13.1. The van der Waals surface area contributed by atoms with Crippen LogP contribution < -0.4 is 10.2 Å². The molecule has 0 spiro atoms. The van der Waals surface area contributed by atoms with Gasteiger partial charge in [0.25, 0.3) is 0 Å². The van der Waals surface area contributed by atoms with E-state index in [9.17, 15) is 38.7 Å². The van der Waals surface area contributed by atoms with Crippen molar-refractivity contribution in [1.82, 2.24) is 34.6 Å². The minimum absolute atomic E-state index is 0.0238. The topological polar surface area (TPSA) is 255 Å². The molecule has 2 unspecified atom stereocenters. The van der Waals surface area contributed by atoms with E-state index in [0.717, 1.165) is 28.8 Å². The number of anilines is 1. The molecule has 4 bridgehead atoms. The first-order chi connectivity index (χ1) is 41.8. The summed E-state index contributed by atoms with van der Waals surface area (Å²) in [7, 11) is 8.60. The van der Waals surface area contributed by atoms with Gasteiger partial charge in [-0.2, -0.15) is 0 Å². The van der Waals surface area contributed by atoms with Crippen molar-refractivity contribution >= 4 is 69.9 Å². The number of benzene rings is 2. The van der Waals surface area contributed by atoms with E-state index in [-0.39, 0.29) is 89.0 Å². The number of methoxy groups -OCH3 is 1. The summed E-state index contributed by atoms with van der Waals surface area (Å²) in [5.74, 6) is -3.69. The van der Waals surface area contributed by atoms with Crippen molar-refractivity contribution in [1.29, 1.82) is 0 Å². The van der Waals surface area contributed by atoms with Crippen LogP contribution in [0, 0.1) is 12.8 Å². The second-order valence-electron chi connectivity index (χ2n) is 24.4. The number of nitrogens with one attached hydrogen (secondary N) is 1. The Morgan fingerprint density at radius 2 is 1.64 bits per heavy atom. The third-order valence-corrected chi connectivity index (χ3v) is 19.0. The van der Waals surface area contributed by atoms with Crippen molar-refractivity contribution in [3.8, 4) is 0 Å². The number of aryl methyl sites for hydroxylation is 2. The van der Waals surface area contributed by atoms with Crippen LogP contribution in [0.2, 0.25) is 5.02 Å². The maximum atomic E-state index is 14.5. The fraction of sp³-hybridized carbons (Fsp3) is 0.609. The van der Waals surface area contributed by atoms with Gasteiger partial charge >= 0.3 is 18.0 Å². The number of carboxylic acids is 1. The second kappa shape index (κ2) is 29.0. The molecule has 0 saturated carbocycles. The van der Waals surface area contributed by atoms with E-state index in [0.29, 0.717) is 56.0 Å². The monoisotopic (exact) mass is 1240 g/mol. The van der Waals surface area contributed by atoms with Crippen molar-refractivity contribution in [2.24, 2.45) is 5.92 Å². The maximum absolute atomic E-state index is 14.5. The Bertz CT molecular complexity index is 3130. The number of esters is 1. The van der Waals surface area contributed by atoms with Gasteiger partial charge in [0.05, 0.1) is 62.6 Å². The number of halogens is 1. The molecule has 1 aromatic heterocycles. The van der Waals surface area contributed by atoms with Crippen molar-refractivity contribution in [2.75, 3.05) is 86.3 Å². The minimum Gasteiger partial charge on any atom is -0.481 e. The summed E-state index contributed by atoms with van der Waals surface area (Å²) in [6.07, 6.45) is 1.20. The highest BCUT2D eigenvalue weighted by atomic mass is 35.5. The van der Waals surface area contributed by atoms with Gasteiger partial charge in [-0.1, -0.05) is 66.6 Å². The molecule has 24 heteroatoms. The number of allylic oxidation sites excluding steroid dienone is 3. The summed E-state index contributed by atoms with van der Waals surface area (Å²) >= 11 is 6.89. The SMILES string of the molecule is CO[C@@H]1/C=C/C=C(\C)Cc2cc(C)c(Cl)c(c2)N(C)C(=O)C[C@H](OC(=O)[C@@H](C)N(C)C(=O)CCC(=O)N(CCOCCOCCC(=O)O)C2CCN(C(=O)CCn3c4c(c5ccccc53)C(C)N(C)N(C)C4)CC2)[C@]2(C)OC2[C@H](C)[C@@H]2C[C@@]1(O)NC(=O)O2. The van der Waals surface area contributed by atoms with Gasteiger partial charge in [-0.15, -0.1) is 0 Å². The summed E-state index contributed by atoms with van der Waals surface area (Å²) in [6.45, 7) is 13.7. The smallest absolute Gasteiger partial charge is 0.409 e. The summed E-state index contributed by atoms with van der Waals surface area (Å²) < 4.78 is 37.6. The summed E-state index contributed by atoms with van der Waals surface area (Å²) in [5.41, 5.74) is 3.35. The molecule has 5 aliphatic rings. The lowest BCUT2D eigenvalue weighted by molar-refractivity contribution is -0.162. The molecule has 3 N–H and O–H groups in total. The van der Waals surface area contributed by atoms with Crippen LogP contribution in [0.1, 0.15) is 114 Å². The van der Waals surface area contributed by atoms with E-state index in [1.807, 2.05) is 49.1 Å². The average molecular weight is 1250 g/mol. The van der Waals surface area contributed by atoms with Gasteiger partial charge in [-0.25, -0.2) is 19.6 Å². The number of fused-ring (bicyclic) bond motifs is 8. The van der Waals surface area contributed by atoms with Crippen LogP contribution in [-0.2, 0) is 76.7 Å². The van der Waals surface area contributed by atoms with E-state index in [1.165, 1.54) is 47.5 Å². The van der Waals surface area contributed by atoms with Gasteiger partial charge in [-0.05, 0) is 77.1 Å². The number of ether oxygens (including phenoxy) is 6. The predicted octanol–water partition coefficient (Wildman–Crippen LogP) is 6.32. The number of para-hydroxylation sites is 1. The first kappa shape index (κ1) is 67.5. The first-order valence-corrected chi connectivity index (χ1v) is 30.9. The van der Waals surface area contributed by atoms with Crippen molar-refractivity contribution in [2.45, 2.75) is 166 Å². The molecule has 6 heterocycles. The zero-order valence-electron chi connectivity index (χ0n) is 52.8. The molecule has 2 aromatic carbocycles. The number of hydrazine groups is 1. The number of rotatable bonds is 20. The highest BCUT2D eigenvalue weighted by molar-refractivity contribution is 6.34. The van der Waals surface area contributed by atoms with E-state index < -0.39 is 77.5 Å². The molecular weight excluding hydrogens is 1160 g/mol. The highest BCUT2D eigenvalue weighted by Gasteiger charge is 2.64. The minimum atomic E-state index is -1.89. The quantitative estimate of drug-likeness (QED) is 0.0635. The number of aliphatic hydroxyl groups is 1. The molecule has 88 heavy (non-hydrogen) atoms.